The minimum Gasteiger partial charge on any atom is -0.494 e. The molecule has 110 valence electrons. The van der Waals surface area contributed by atoms with Crippen molar-refractivity contribution in [1.29, 1.82) is 0 Å². The summed E-state index contributed by atoms with van der Waals surface area (Å²) in [6, 6.07) is 10.6. The van der Waals surface area contributed by atoms with Gasteiger partial charge in [-0.1, -0.05) is 6.92 Å². The molecule has 5 heteroatoms. The maximum absolute atomic E-state index is 12.2. The molecule has 0 aliphatic carbocycles. The molecule has 0 atom stereocenters. The lowest BCUT2D eigenvalue weighted by Crippen LogP contribution is -2.13. The molecule has 0 aliphatic rings. The van der Waals surface area contributed by atoms with Crippen LogP contribution in [0, 0.1) is 0 Å². The highest BCUT2D eigenvalue weighted by molar-refractivity contribution is 6.04. The lowest BCUT2D eigenvalue weighted by atomic mass is 10.1. The van der Waals surface area contributed by atoms with E-state index in [0.717, 1.165) is 17.9 Å². The van der Waals surface area contributed by atoms with Crippen LogP contribution in [0.15, 0.2) is 36.4 Å². The van der Waals surface area contributed by atoms with Gasteiger partial charge in [-0.05, 0) is 49.7 Å². The number of hydrogen-bond acceptors (Lipinski definition) is 4. The van der Waals surface area contributed by atoms with Crippen molar-refractivity contribution in [3.05, 3.63) is 47.7 Å². The minimum atomic E-state index is -0.206. The molecular weight excluding hydrogens is 266 g/mol. The number of pyridine rings is 1. The molecule has 5 nitrogen and oxygen atoms in total. The number of amides is 1. The van der Waals surface area contributed by atoms with E-state index in [1.165, 1.54) is 0 Å². The van der Waals surface area contributed by atoms with Crippen LogP contribution in [0.25, 0.3) is 0 Å². The molecule has 2 aromatic rings. The third kappa shape index (κ3) is 3.95. The second-order valence-corrected chi connectivity index (χ2v) is 4.54. The summed E-state index contributed by atoms with van der Waals surface area (Å²) in [4.78, 5) is 16.4. The molecule has 0 aliphatic heterocycles. The van der Waals surface area contributed by atoms with Crippen LogP contribution in [0.3, 0.4) is 0 Å². The molecule has 3 N–H and O–H groups in total. The zero-order chi connectivity index (χ0) is 15.2. The van der Waals surface area contributed by atoms with Gasteiger partial charge in [-0.2, -0.15) is 0 Å². The lowest BCUT2D eigenvalue weighted by Gasteiger charge is -2.08. The van der Waals surface area contributed by atoms with Gasteiger partial charge in [-0.3, -0.25) is 4.79 Å². The molecule has 0 unspecified atom stereocenters. The lowest BCUT2D eigenvalue weighted by molar-refractivity contribution is 0.102. The van der Waals surface area contributed by atoms with Gasteiger partial charge >= 0.3 is 0 Å². The largest absolute Gasteiger partial charge is 0.494 e. The van der Waals surface area contributed by atoms with E-state index in [1.807, 2.05) is 26.0 Å². The Morgan fingerprint density at radius 1 is 1.24 bits per heavy atom. The van der Waals surface area contributed by atoms with Gasteiger partial charge in [0.1, 0.15) is 11.6 Å². The van der Waals surface area contributed by atoms with Gasteiger partial charge in [0.2, 0.25) is 0 Å². The van der Waals surface area contributed by atoms with Crippen molar-refractivity contribution >= 4 is 17.4 Å². The van der Waals surface area contributed by atoms with Gasteiger partial charge in [0.05, 0.1) is 6.61 Å². The molecule has 1 heterocycles. The van der Waals surface area contributed by atoms with E-state index in [9.17, 15) is 4.79 Å². The quantitative estimate of drug-likeness (QED) is 0.885. The number of nitrogen functional groups attached to an aromatic ring is 1. The van der Waals surface area contributed by atoms with Gasteiger partial charge in [0, 0.05) is 16.9 Å². The fraction of sp³-hybridized carbons (Fsp3) is 0.250. The van der Waals surface area contributed by atoms with Crippen molar-refractivity contribution in [3.63, 3.8) is 0 Å². The standard InChI is InChI=1S/C16H19N3O2/c1-3-12-9-11(10-15(17)18-12)16(20)19-13-5-7-14(8-6-13)21-4-2/h5-10H,3-4H2,1-2H3,(H2,17,18)(H,19,20). The van der Waals surface area contributed by atoms with Gasteiger partial charge in [0.25, 0.3) is 5.91 Å². The average molecular weight is 285 g/mol. The monoisotopic (exact) mass is 285 g/mol. The van der Waals surface area contributed by atoms with E-state index in [4.69, 9.17) is 10.5 Å². The van der Waals surface area contributed by atoms with Gasteiger partial charge in [0.15, 0.2) is 0 Å². The number of aromatic nitrogens is 1. The van der Waals surface area contributed by atoms with Crippen LogP contribution in [0.1, 0.15) is 29.9 Å². The minimum absolute atomic E-state index is 0.206. The Labute approximate surface area is 124 Å². The summed E-state index contributed by atoms with van der Waals surface area (Å²) in [6.45, 7) is 4.51. The zero-order valence-corrected chi connectivity index (χ0v) is 12.2. The summed E-state index contributed by atoms with van der Waals surface area (Å²) in [5.74, 6) is 0.922. The number of nitrogens with one attached hydrogen (secondary N) is 1. The fourth-order valence-corrected chi connectivity index (χ4v) is 1.93. The summed E-state index contributed by atoms with van der Waals surface area (Å²) in [6.07, 6.45) is 0.731. The number of benzene rings is 1. The number of ether oxygens (including phenoxy) is 1. The van der Waals surface area contributed by atoms with Crippen LogP contribution in [-0.2, 0) is 6.42 Å². The number of rotatable bonds is 5. The van der Waals surface area contributed by atoms with Crippen molar-refractivity contribution < 1.29 is 9.53 Å². The number of carbonyl (C=O) groups excluding carboxylic acids is 1. The highest BCUT2D eigenvalue weighted by Crippen LogP contribution is 2.17. The molecule has 0 saturated heterocycles. The Balaban J connectivity index is 2.12. The van der Waals surface area contributed by atoms with E-state index in [-0.39, 0.29) is 5.91 Å². The van der Waals surface area contributed by atoms with E-state index in [2.05, 4.69) is 10.3 Å². The molecule has 21 heavy (non-hydrogen) atoms. The number of anilines is 2. The van der Waals surface area contributed by atoms with Crippen molar-refractivity contribution in [1.82, 2.24) is 4.98 Å². The molecule has 1 amide bonds. The molecule has 1 aromatic heterocycles. The van der Waals surface area contributed by atoms with E-state index in [0.29, 0.717) is 23.7 Å². The predicted octanol–water partition coefficient (Wildman–Crippen LogP) is 2.88. The van der Waals surface area contributed by atoms with E-state index in [1.54, 1.807) is 24.3 Å². The molecule has 1 aromatic carbocycles. The topological polar surface area (TPSA) is 77.2 Å². The SMILES string of the molecule is CCOc1ccc(NC(=O)c2cc(N)nc(CC)c2)cc1. The summed E-state index contributed by atoms with van der Waals surface area (Å²) in [5.41, 5.74) is 7.72. The van der Waals surface area contributed by atoms with Crippen LogP contribution in [-0.4, -0.2) is 17.5 Å². The van der Waals surface area contributed by atoms with Crippen LogP contribution >= 0.6 is 0 Å². The molecule has 0 fully saturated rings. The summed E-state index contributed by atoms with van der Waals surface area (Å²) >= 11 is 0. The first-order valence-corrected chi connectivity index (χ1v) is 6.93. The number of carbonyl (C=O) groups is 1. The molecule has 0 bridgehead atoms. The first kappa shape index (κ1) is 14.8. The normalized spacial score (nSPS) is 10.2. The van der Waals surface area contributed by atoms with E-state index < -0.39 is 0 Å². The third-order valence-electron chi connectivity index (χ3n) is 2.95. The molecule has 0 saturated carbocycles. The van der Waals surface area contributed by atoms with Crippen molar-refractivity contribution in [2.75, 3.05) is 17.7 Å². The maximum atomic E-state index is 12.2. The number of aryl methyl sites for hydroxylation is 1. The average Bonchev–Trinajstić information content (AvgIpc) is 2.48. The van der Waals surface area contributed by atoms with E-state index >= 15 is 0 Å². The van der Waals surface area contributed by atoms with Crippen molar-refractivity contribution in [2.24, 2.45) is 0 Å². The first-order valence-electron chi connectivity index (χ1n) is 6.93. The molecule has 2 rings (SSSR count). The number of nitrogens with two attached hydrogens (primary N) is 1. The molecule has 0 spiro atoms. The summed E-state index contributed by atoms with van der Waals surface area (Å²) in [7, 11) is 0. The summed E-state index contributed by atoms with van der Waals surface area (Å²) < 4.78 is 5.36. The van der Waals surface area contributed by atoms with Crippen molar-refractivity contribution in [2.45, 2.75) is 20.3 Å². The Kier molecular flexibility index (Phi) is 4.77. The van der Waals surface area contributed by atoms with Gasteiger partial charge < -0.3 is 15.8 Å². The Hall–Kier alpha value is -2.56. The molecular formula is C16H19N3O2. The van der Waals surface area contributed by atoms with Crippen LogP contribution in [0.2, 0.25) is 0 Å². The number of hydrogen-bond donors (Lipinski definition) is 2. The zero-order valence-electron chi connectivity index (χ0n) is 12.2. The third-order valence-corrected chi connectivity index (χ3v) is 2.95. The van der Waals surface area contributed by atoms with Crippen LogP contribution in [0.5, 0.6) is 5.75 Å². The second kappa shape index (κ2) is 6.74. The fourth-order valence-electron chi connectivity index (χ4n) is 1.93. The maximum Gasteiger partial charge on any atom is 0.255 e. The smallest absolute Gasteiger partial charge is 0.255 e. The van der Waals surface area contributed by atoms with Crippen LogP contribution in [0.4, 0.5) is 11.5 Å². The first-order chi connectivity index (χ1) is 10.1. The second-order valence-electron chi connectivity index (χ2n) is 4.54. The Morgan fingerprint density at radius 2 is 1.95 bits per heavy atom. The predicted molar refractivity (Wildman–Crippen MR) is 83.6 cm³/mol. The van der Waals surface area contributed by atoms with Crippen molar-refractivity contribution in [3.8, 4) is 5.75 Å². The Bertz CT molecular complexity index is 624. The highest BCUT2D eigenvalue weighted by atomic mass is 16.5. The summed E-state index contributed by atoms with van der Waals surface area (Å²) in [5, 5.41) is 2.83. The number of nitrogens with zero attached hydrogens (tertiary/aromatic N) is 1. The molecule has 0 radical (unpaired) electrons. The van der Waals surface area contributed by atoms with Crippen LogP contribution < -0.4 is 15.8 Å². The van der Waals surface area contributed by atoms with Gasteiger partial charge in [-0.25, -0.2) is 4.98 Å². The highest BCUT2D eigenvalue weighted by Gasteiger charge is 2.09. The van der Waals surface area contributed by atoms with Gasteiger partial charge in [-0.15, -0.1) is 0 Å². The Morgan fingerprint density at radius 3 is 2.57 bits per heavy atom.